The quantitative estimate of drug-likeness (QED) is 0.761. The molecule has 0 spiro atoms. The summed E-state index contributed by atoms with van der Waals surface area (Å²) in [7, 11) is 0. The Labute approximate surface area is 84.3 Å². The lowest BCUT2D eigenvalue weighted by molar-refractivity contribution is 0.270. The number of halogens is 1. The van der Waals surface area contributed by atoms with Crippen LogP contribution in [0.25, 0.3) is 0 Å². The molecule has 1 aromatic rings. The fraction of sp³-hybridized carbons (Fsp3) is 0.500. The topological polar surface area (TPSA) is 12.0 Å². The van der Waals surface area contributed by atoms with Gasteiger partial charge in [0.05, 0.1) is 0 Å². The van der Waals surface area contributed by atoms with Crippen molar-refractivity contribution in [2.75, 3.05) is 6.54 Å². The number of alkyl halides is 1. The highest BCUT2D eigenvalue weighted by atomic mass is 19.1. The SMILES string of the molecule is Cc1ccccc1C(F)C1CCCN1. The van der Waals surface area contributed by atoms with Gasteiger partial charge >= 0.3 is 0 Å². The molecule has 1 N–H and O–H groups in total. The number of nitrogens with one attached hydrogen (secondary N) is 1. The van der Waals surface area contributed by atoms with Crippen LogP contribution in [0.3, 0.4) is 0 Å². The minimum Gasteiger partial charge on any atom is -0.311 e. The van der Waals surface area contributed by atoms with Gasteiger partial charge in [-0.1, -0.05) is 24.3 Å². The monoisotopic (exact) mass is 193 g/mol. The number of rotatable bonds is 2. The van der Waals surface area contributed by atoms with Gasteiger partial charge in [0.15, 0.2) is 0 Å². The van der Waals surface area contributed by atoms with E-state index < -0.39 is 6.17 Å². The molecule has 2 rings (SSSR count). The van der Waals surface area contributed by atoms with Gasteiger partial charge in [-0.2, -0.15) is 0 Å². The molecule has 0 aliphatic carbocycles. The Morgan fingerprint density at radius 3 is 2.86 bits per heavy atom. The largest absolute Gasteiger partial charge is 0.311 e. The molecular weight excluding hydrogens is 177 g/mol. The van der Waals surface area contributed by atoms with Crippen LogP contribution in [0.5, 0.6) is 0 Å². The first kappa shape index (κ1) is 9.66. The number of hydrogen-bond acceptors (Lipinski definition) is 1. The number of aryl methyl sites for hydroxylation is 1. The van der Waals surface area contributed by atoms with Gasteiger partial charge in [0, 0.05) is 6.04 Å². The molecule has 1 saturated heterocycles. The Bertz CT molecular complexity index is 305. The molecule has 0 bridgehead atoms. The van der Waals surface area contributed by atoms with Crippen molar-refractivity contribution < 1.29 is 4.39 Å². The van der Waals surface area contributed by atoms with Crippen molar-refractivity contribution in [3.05, 3.63) is 35.4 Å². The van der Waals surface area contributed by atoms with Crippen LogP contribution in [0, 0.1) is 6.92 Å². The second-order valence-electron chi connectivity index (χ2n) is 3.96. The van der Waals surface area contributed by atoms with Crippen LogP contribution >= 0.6 is 0 Å². The average Bonchev–Trinajstić information content (AvgIpc) is 2.70. The molecule has 14 heavy (non-hydrogen) atoms. The van der Waals surface area contributed by atoms with Crippen LogP contribution in [0.2, 0.25) is 0 Å². The maximum atomic E-state index is 14.0. The van der Waals surface area contributed by atoms with E-state index in [-0.39, 0.29) is 6.04 Å². The zero-order chi connectivity index (χ0) is 9.97. The highest BCUT2D eigenvalue weighted by Crippen LogP contribution is 2.28. The van der Waals surface area contributed by atoms with Crippen LogP contribution < -0.4 is 5.32 Å². The fourth-order valence-electron chi connectivity index (χ4n) is 2.07. The summed E-state index contributed by atoms with van der Waals surface area (Å²) >= 11 is 0. The van der Waals surface area contributed by atoms with E-state index in [0.717, 1.165) is 30.5 Å². The van der Waals surface area contributed by atoms with E-state index in [0.29, 0.717) is 0 Å². The maximum absolute atomic E-state index is 14.0. The van der Waals surface area contributed by atoms with Gasteiger partial charge in [-0.05, 0) is 37.4 Å². The predicted octanol–water partition coefficient (Wildman–Crippen LogP) is 2.76. The summed E-state index contributed by atoms with van der Waals surface area (Å²) in [6, 6.07) is 7.74. The smallest absolute Gasteiger partial charge is 0.141 e. The van der Waals surface area contributed by atoms with E-state index >= 15 is 0 Å². The number of benzene rings is 1. The minimum atomic E-state index is -0.848. The molecule has 1 fully saturated rings. The maximum Gasteiger partial charge on any atom is 0.141 e. The molecular formula is C12H16FN. The summed E-state index contributed by atoms with van der Waals surface area (Å²) in [5, 5.41) is 3.21. The van der Waals surface area contributed by atoms with Gasteiger partial charge < -0.3 is 5.32 Å². The molecule has 1 nitrogen and oxygen atoms in total. The number of hydrogen-bond donors (Lipinski definition) is 1. The van der Waals surface area contributed by atoms with Crippen molar-refractivity contribution in [1.82, 2.24) is 5.32 Å². The molecule has 1 aliphatic rings. The lowest BCUT2D eigenvalue weighted by Crippen LogP contribution is -2.26. The Morgan fingerprint density at radius 1 is 1.43 bits per heavy atom. The predicted molar refractivity (Wildman–Crippen MR) is 56.1 cm³/mol. The van der Waals surface area contributed by atoms with E-state index in [1.54, 1.807) is 0 Å². The van der Waals surface area contributed by atoms with Crippen molar-refractivity contribution in [1.29, 1.82) is 0 Å². The molecule has 1 aliphatic heterocycles. The van der Waals surface area contributed by atoms with Crippen LogP contribution in [-0.2, 0) is 0 Å². The first-order valence-electron chi connectivity index (χ1n) is 5.22. The molecule has 0 aromatic heterocycles. The summed E-state index contributed by atoms with van der Waals surface area (Å²) in [5.41, 5.74) is 1.89. The van der Waals surface area contributed by atoms with Crippen LogP contribution in [0.1, 0.15) is 30.1 Å². The highest BCUT2D eigenvalue weighted by molar-refractivity contribution is 5.28. The summed E-state index contributed by atoms with van der Waals surface area (Å²) in [4.78, 5) is 0. The normalized spacial score (nSPS) is 23.7. The zero-order valence-corrected chi connectivity index (χ0v) is 8.46. The van der Waals surface area contributed by atoms with Gasteiger partial charge in [0.25, 0.3) is 0 Å². The summed E-state index contributed by atoms with van der Waals surface area (Å²) < 4.78 is 14.0. The first-order chi connectivity index (χ1) is 6.79. The Balaban J connectivity index is 2.17. The lowest BCUT2D eigenvalue weighted by Gasteiger charge is -2.17. The van der Waals surface area contributed by atoms with E-state index in [1.165, 1.54) is 0 Å². The summed E-state index contributed by atoms with van der Waals surface area (Å²) in [5.74, 6) is 0. The molecule has 1 aromatic carbocycles. The van der Waals surface area contributed by atoms with E-state index in [1.807, 2.05) is 31.2 Å². The molecule has 2 heteroatoms. The van der Waals surface area contributed by atoms with Gasteiger partial charge in [-0.25, -0.2) is 4.39 Å². The van der Waals surface area contributed by atoms with Gasteiger partial charge in [-0.3, -0.25) is 0 Å². The van der Waals surface area contributed by atoms with Gasteiger partial charge in [0.2, 0.25) is 0 Å². The van der Waals surface area contributed by atoms with Gasteiger partial charge in [0.1, 0.15) is 6.17 Å². The third-order valence-corrected chi connectivity index (χ3v) is 2.94. The standard InChI is InChI=1S/C12H16FN/c1-9-5-2-3-6-10(9)12(13)11-7-4-8-14-11/h2-3,5-6,11-12,14H,4,7-8H2,1H3. The van der Waals surface area contributed by atoms with Crippen molar-refractivity contribution >= 4 is 0 Å². The van der Waals surface area contributed by atoms with E-state index in [4.69, 9.17) is 0 Å². The minimum absolute atomic E-state index is 0.0242. The van der Waals surface area contributed by atoms with Crippen molar-refractivity contribution in [2.45, 2.75) is 32.0 Å². The molecule has 0 radical (unpaired) electrons. The molecule has 0 saturated carbocycles. The van der Waals surface area contributed by atoms with E-state index in [9.17, 15) is 4.39 Å². The second kappa shape index (κ2) is 4.09. The van der Waals surface area contributed by atoms with Crippen LogP contribution in [-0.4, -0.2) is 12.6 Å². The first-order valence-corrected chi connectivity index (χ1v) is 5.22. The molecule has 76 valence electrons. The average molecular weight is 193 g/mol. The molecule has 2 atom stereocenters. The summed E-state index contributed by atoms with van der Waals surface area (Å²) in [6.45, 7) is 2.92. The second-order valence-corrected chi connectivity index (χ2v) is 3.96. The Hall–Kier alpha value is -0.890. The van der Waals surface area contributed by atoms with Crippen molar-refractivity contribution in [3.63, 3.8) is 0 Å². The van der Waals surface area contributed by atoms with Crippen LogP contribution in [0.15, 0.2) is 24.3 Å². The molecule has 2 unspecified atom stereocenters. The lowest BCUT2D eigenvalue weighted by atomic mass is 9.98. The Morgan fingerprint density at radius 2 is 2.21 bits per heavy atom. The van der Waals surface area contributed by atoms with Crippen molar-refractivity contribution in [2.24, 2.45) is 0 Å². The van der Waals surface area contributed by atoms with E-state index in [2.05, 4.69) is 5.32 Å². The zero-order valence-electron chi connectivity index (χ0n) is 8.46. The molecule has 1 heterocycles. The fourth-order valence-corrected chi connectivity index (χ4v) is 2.07. The molecule has 0 amide bonds. The third kappa shape index (κ3) is 1.80. The van der Waals surface area contributed by atoms with Crippen molar-refractivity contribution in [3.8, 4) is 0 Å². The highest BCUT2D eigenvalue weighted by Gasteiger charge is 2.26. The van der Waals surface area contributed by atoms with Gasteiger partial charge in [-0.15, -0.1) is 0 Å². The summed E-state index contributed by atoms with van der Waals surface area (Å²) in [6.07, 6.45) is 1.20. The van der Waals surface area contributed by atoms with Crippen LogP contribution in [0.4, 0.5) is 4.39 Å². The Kier molecular flexibility index (Phi) is 2.82. The third-order valence-electron chi connectivity index (χ3n) is 2.94.